The van der Waals surface area contributed by atoms with Crippen LogP contribution in [0, 0.1) is 0 Å². The number of hydrogen-bond acceptors (Lipinski definition) is 3. The zero-order valence-electron chi connectivity index (χ0n) is 13.7. The summed E-state index contributed by atoms with van der Waals surface area (Å²) in [5, 5.41) is 6.81. The molecule has 1 amide bonds. The summed E-state index contributed by atoms with van der Waals surface area (Å²) >= 11 is 12.2. The van der Waals surface area contributed by atoms with E-state index in [0.717, 1.165) is 12.0 Å². The van der Waals surface area contributed by atoms with Gasteiger partial charge < -0.3 is 10.1 Å². The van der Waals surface area contributed by atoms with Gasteiger partial charge in [0, 0.05) is 19.2 Å². The van der Waals surface area contributed by atoms with E-state index in [9.17, 15) is 4.79 Å². The molecule has 1 fully saturated rings. The molecule has 0 spiro atoms. The Morgan fingerprint density at radius 2 is 2.00 bits per heavy atom. The number of alkyl halides is 2. The Bertz CT molecular complexity index is 753. The summed E-state index contributed by atoms with van der Waals surface area (Å²) < 4.78 is 6.82. The van der Waals surface area contributed by atoms with Crippen molar-refractivity contribution in [3.05, 3.63) is 42.2 Å². The maximum Gasteiger partial charge on any atom is 0.268 e. The third-order valence-corrected chi connectivity index (χ3v) is 4.83. The van der Waals surface area contributed by atoms with Crippen molar-refractivity contribution in [1.82, 2.24) is 9.78 Å². The Morgan fingerprint density at radius 1 is 1.38 bits per heavy atom. The Balaban J connectivity index is 1.64. The molecule has 1 saturated carbocycles. The van der Waals surface area contributed by atoms with Gasteiger partial charge in [-0.2, -0.15) is 5.10 Å². The molecule has 1 aliphatic rings. The van der Waals surface area contributed by atoms with E-state index in [0.29, 0.717) is 11.4 Å². The molecular weight excluding hydrogens is 349 g/mol. The molecule has 128 valence electrons. The summed E-state index contributed by atoms with van der Waals surface area (Å²) in [6, 6.07) is 7.52. The number of aromatic nitrogens is 2. The van der Waals surface area contributed by atoms with Gasteiger partial charge in [-0.1, -0.05) is 12.1 Å². The Labute approximate surface area is 150 Å². The van der Waals surface area contributed by atoms with E-state index in [1.54, 1.807) is 38.0 Å². The topological polar surface area (TPSA) is 56.2 Å². The van der Waals surface area contributed by atoms with Gasteiger partial charge >= 0.3 is 0 Å². The van der Waals surface area contributed by atoms with Gasteiger partial charge in [-0.25, -0.2) is 0 Å². The SMILES string of the molecule is Cn1cc(NC(=O)C(C)(C)Oc2ccc([C@@H]3CC3(Cl)Cl)cc2)cn1. The number of amides is 1. The fourth-order valence-electron chi connectivity index (χ4n) is 2.45. The molecular formula is C17H19Cl2N3O2. The smallest absolute Gasteiger partial charge is 0.268 e. The van der Waals surface area contributed by atoms with Gasteiger partial charge in [-0.05, 0) is 38.0 Å². The number of aryl methyl sites for hydroxylation is 1. The third-order valence-electron chi connectivity index (χ3n) is 3.99. The average molecular weight is 368 g/mol. The molecule has 2 aromatic rings. The van der Waals surface area contributed by atoms with Crippen LogP contribution in [0.25, 0.3) is 0 Å². The number of nitrogens with zero attached hydrogens (tertiary/aromatic N) is 2. The number of carbonyl (C=O) groups excluding carboxylic acids is 1. The molecule has 0 saturated heterocycles. The van der Waals surface area contributed by atoms with E-state index in [2.05, 4.69) is 10.4 Å². The molecule has 1 aromatic heterocycles. The van der Waals surface area contributed by atoms with Crippen molar-refractivity contribution >= 4 is 34.8 Å². The molecule has 0 radical (unpaired) electrons. The van der Waals surface area contributed by atoms with Crippen LogP contribution < -0.4 is 10.1 Å². The van der Waals surface area contributed by atoms with E-state index >= 15 is 0 Å². The van der Waals surface area contributed by atoms with Gasteiger partial charge in [-0.3, -0.25) is 9.48 Å². The van der Waals surface area contributed by atoms with Crippen molar-refractivity contribution in [2.45, 2.75) is 36.1 Å². The molecule has 1 atom stereocenters. The fraction of sp³-hybridized carbons (Fsp3) is 0.412. The first-order valence-corrected chi connectivity index (χ1v) is 8.40. The summed E-state index contributed by atoms with van der Waals surface area (Å²) in [7, 11) is 1.79. The lowest BCUT2D eigenvalue weighted by atomic mass is 10.1. The van der Waals surface area contributed by atoms with Crippen LogP contribution in [0.2, 0.25) is 0 Å². The maximum absolute atomic E-state index is 12.4. The molecule has 7 heteroatoms. The summed E-state index contributed by atoms with van der Waals surface area (Å²) in [6.45, 7) is 3.44. The number of benzene rings is 1. The number of hydrogen-bond donors (Lipinski definition) is 1. The lowest BCUT2D eigenvalue weighted by molar-refractivity contribution is -0.128. The first-order chi connectivity index (χ1) is 11.2. The highest BCUT2D eigenvalue weighted by atomic mass is 35.5. The fourth-order valence-corrected chi connectivity index (χ4v) is 3.01. The minimum atomic E-state index is -1.03. The molecule has 0 bridgehead atoms. The number of anilines is 1. The van der Waals surface area contributed by atoms with E-state index in [1.807, 2.05) is 24.3 Å². The molecule has 3 rings (SSSR count). The highest BCUT2D eigenvalue weighted by Gasteiger charge is 2.52. The molecule has 5 nitrogen and oxygen atoms in total. The summed E-state index contributed by atoms with van der Waals surface area (Å²) in [4.78, 5) is 12.4. The van der Waals surface area contributed by atoms with Gasteiger partial charge in [0.15, 0.2) is 5.60 Å². The Morgan fingerprint density at radius 3 is 2.50 bits per heavy atom. The monoisotopic (exact) mass is 367 g/mol. The van der Waals surface area contributed by atoms with Gasteiger partial charge in [0.25, 0.3) is 5.91 Å². The minimum Gasteiger partial charge on any atom is -0.478 e. The Kier molecular flexibility index (Phi) is 4.26. The van der Waals surface area contributed by atoms with Crippen molar-refractivity contribution in [3.8, 4) is 5.75 Å². The molecule has 1 heterocycles. The van der Waals surface area contributed by atoms with Gasteiger partial charge in [0.05, 0.1) is 11.9 Å². The standard InChI is InChI=1S/C17H19Cl2N3O2/c1-16(2,15(23)21-12-9-20-22(3)10-12)24-13-6-4-11(5-7-13)14-8-17(14,18)19/h4-7,9-10,14H,8H2,1-3H3,(H,21,23)/t14-/m0/s1. The van der Waals surface area contributed by atoms with Gasteiger partial charge in [0.1, 0.15) is 10.1 Å². The van der Waals surface area contributed by atoms with Crippen LogP contribution in [0.3, 0.4) is 0 Å². The second-order valence-electron chi connectivity index (χ2n) is 6.56. The second kappa shape index (κ2) is 5.97. The van der Waals surface area contributed by atoms with Gasteiger partial charge in [0.2, 0.25) is 0 Å². The van der Waals surface area contributed by atoms with Crippen molar-refractivity contribution < 1.29 is 9.53 Å². The molecule has 0 aliphatic heterocycles. The van der Waals surface area contributed by atoms with Crippen LogP contribution in [0.15, 0.2) is 36.7 Å². The third kappa shape index (κ3) is 3.68. The Hall–Kier alpha value is -1.72. The molecule has 1 aromatic carbocycles. The predicted molar refractivity (Wildman–Crippen MR) is 94.8 cm³/mol. The number of rotatable bonds is 5. The second-order valence-corrected chi connectivity index (χ2v) is 8.10. The van der Waals surface area contributed by atoms with Crippen LogP contribution in [0.4, 0.5) is 5.69 Å². The molecule has 1 N–H and O–H groups in total. The minimum absolute atomic E-state index is 0.164. The largest absolute Gasteiger partial charge is 0.478 e. The zero-order valence-corrected chi connectivity index (χ0v) is 15.2. The van der Waals surface area contributed by atoms with Crippen LogP contribution in [-0.4, -0.2) is 25.6 Å². The number of ether oxygens (including phenoxy) is 1. The van der Waals surface area contributed by atoms with E-state index in [-0.39, 0.29) is 11.8 Å². The lowest BCUT2D eigenvalue weighted by Crippen LogP contribution is -2.42. The normalized spacial score (nSPS) is 19.0. The van der Waals surface area contributed by atoms with Crippen LogP contribution in [-0.2, 0) is 11.8 Å². The maximum atomic E-state index is 12.4. The summed E-state index contributed by atoms with van der Waals surface area (Å²) in [6.07, 6.45) is 4.07. The highest BCUT2D eigenvalue weighted by Crippen LogP contribution is 2.59. The summed E-state index contributed by atoms with van der Waals surface area (Å²) in [5.41, 5.74) is 0.674. The number of nitrogens with one attached hydrogen (secondary N) is 1. The number of carbonyl (C=O) groups is 1. The van der Waals surface area contributed by atoms with Crippen molar-refractivity contribution in [3.63, 3.8) is 0 Å². The van der Waals surface area contributed by atoms with E-state index in [4.69, 9.17) is 27.9 Å². The van der Waals surface area contributed by atoms with E-state index < -0.39 is 9.93 Å². The first kappa shape index (κ1) is 17.1. The van der Waals surface area contributed by atoms with Crippen LogP contribution in [0.1, 0.15) is 31.7 Å². The quantitative estimate of drug-likeness (QED) is 0.815. The van der Waals surface area contributed by atoms with Crippen molar-refractivity contribution in [1.29, 1.82) is 0 Å². The van der Waals surface area contributed by atoms with Crippen molar-refractivity contribution in [2.24, 2.45) is 7.05 Å². The molecule has 1 aliphatic carbocycles. The molecule has 0 unspecified atom stereocenters. The average Bonchev–Trinajstić information content (AvgIpc) is 2.93. The zero-order chi connectivity index (χ0) is 17.5. The highest BCUT2D eigenvalue weighted by molar-refractivity contribution is 6.51. The van der Waals surface area contributed by atoms with Crippen LogP contribution in [0.5, 0.6) is 5.75 Å². The molecule has 24 heavy (non-hydrogen) atoms. The van der Waals surface area contributed by atoms with Gasteiger partial charge in [-0.15, -0.1) is 23.2 Å². The summed E-state index contributed by atoms with van der Waals surface area (Å²) in [5.74, 6) is 0.527. The number of halogens is 2. The van der Waals surface area contributed by atoms with Crippen molar-refractivity contribution in [2.75, 3.05) is 5.32 Å². The lowest BCUT2D eigenvalue weighted by Gasteiger charge is -2.25. The van der Waals surface area contributed by atoms with Crippen LogP contribution >= 0.6 is 23.2 Å². The predicted octanol–water partition coefficient (Wildman–Crippen LogP) is 3.88. The van der Waals surface area contributed by atoms with E-state index in [1.165, 1.54) is 0 Å². The first-order valence-electron chi connectivity index (χ1n) is 7.64.